The van der Waals surface area contributed by atoms with Gasteiger partial charge in [0, 0.05) is 58.9 Å². The second-order valence-electron chi connectivity index (χ2n) is 9.62. The molecule has 6 rings (SSSR count). The standard InChI is InChI=1S/C28H29ClN4OS.ClH/c1-18-19(2)32(16-15-31-12-3-4-13-31)25-10-9-22(17-23(18)25)33-14-11-24-26(28(33)34)35-27(30-24)20-5-7-21(29)8-6-20;/h5-10,17H,3-4,11-16H2,1-2H3;1H. The normalized spacial score (nSPS) is 16.0. The highest BCUT2D eigenvalue weighted by Crippen LogP contribution is 2.35. The first-order valence-electron chi connectivity index (χ1n) is 12.4. The van der Waals surface area contributed by atoms with Gasteiger partial charge in [0.25, 0.3) is 5.91 Å². The van der Waals surface area contributed by atoms with E-state index in [1.54, 1.807) is 0 Å². The smallest absolute Gasteiger partial charge is 0.270 e. The lowest BCUT2D eigenvalue weighted by atomic mass is 10.1. The zero-order valence-corrected chi connectivity index (χ0v) is 23.0. The van der Waals surface area contributed by atoms with Crippen LogP contribution in [0.3, 0.4) is 0 Å². The van der Waals surface area contributed by atoms with Crippen LogP contribution in [0.2, 0.25) is 5.02 Å². The van der Waals surface area contributed by atoms with Crippen molar-refractivity contribution in [2.75, 3.05) is 31.1 Å². The number of benzene rings is 2. The second kappa shape index (κ2) is 10.2. The van der Waals surface area contributed by atoms with E-state index in [9.17, 15) is 4.79 Å². The van der Waals surface area contributed by atoms with Gasteiger partial charge in [-0.25, -0.2) is 4.98 Å². The van der Waals surface area contributed by atoms with E-state index in [4.69, 9.17) is 16.6 Å². The maximum absolute atomic E-state index is 13.5. The minimum absolute atomic E-state index is 0. The number of fused-ring (bicyclic) bond motifs is 2. The van der Waals surface area contributed by atoms with Crippen molar-refractivity contribution in [3.8, 4) is 10.6 Å². The van der Waals surface area contributed by atoms with Gasteiger partial charge >= 0.3 is 0 Å². The first-order chi connectivity index (χ1) is 17.0. The monoisotopic (exact) mass is 540 g/mol. The van der Waals surface area contributed by atoms with Crippen molar-refractivity contribution < 1.29 is 4.79 Å². The van der Waals surface area contributed by atoms with Gasteiger partial charge in [0.05, 0.1) is 5.69 Å². The Bertz CT molecular complexity index is 1420. The first-order valence-corrected chi connectivity index (χ1v) is 13.6. The summed E-state index contributed by atoms with van der Waals surface area (Å²) in [7, 11) is 0. The summed E-state index contributed by atoms with van der Waals surface area (Å²) >= 11 is 7.52. The van der Waals surface area contributed by atoms with Crippen molar-refractivity contribution in [2.45, 2.75) is 39.7 Å². The number of thiazole rings is 1. The third-order valence-corrected chi connectivity index (χ3v) is 8.96. The first kappa shape index (κ1) is 25.3. The number of carbonyl (C=O) groups excluding carboxylic acids is 1. The maximum atomic E-state index is 13.5. The van der Waals surface area contributed by atoms with Crippen LogP contribution in [0.5, 0.6) is 0 Å². The molecule has 188 valence electrons. The third-order valence-electron chi connectivity index (χ3n) is 7.57. The molecule has 2 aromatic carbocycles. The summed E-state index contributed by atoms with van der Waals surface area (Å²) in [5.41, 5.74) is 6.75. The van der Waals surface area contributed by atoms with Gasteiger partial charge in [-0.1, -0.05) is 23.7 Å². The zero-order valence-electron chi connectivity index (χ0n) is 20.6. The lowest BCUT2D eigenvalue weighted by Gasteiger charge is -2.26. The number of hydrogen-bond donors (Lipinski definition) is 0. The molecule has 1 amide bonds. The number of halogens is 2. The Balaban J connectivity index is 0.00000267. The molecule has 0 spiro atoms. The summed E-state index contributed by atoms with van der Waals surface area (Å²) in [4.78, 5) is 23.5. The fraction of sp³-hybridized carbons (Fsp3) is 0.357. The van der Waals surface area contributed by atoms with Crippen LogP contribution in [0, 0.1) is 13.8 Å². The van der Waals surface area contributed by atoms with Gasteiger partial charge in [0.2, 0.25) is 0 Å². The van der Waals surface area contributed by atoms with E-state index in [2.05, 4.69) is 41.5 Å². The van der Waals surface area contributed by atoms with Gasteiger partial charge in [-0.05, 0) is 75.7 Å². The number of aromatic nitrogens is 2. The van der Waals surface area contributed by atoms with Crippen molar-refractivity contribution in [1.29, 1.82) is 0 Å². The highest BCUT2D eigenvalue weighted by atomic mass is 35.5. The molecule has 5 nitrogen and oxygen atoms in total. The van der Waals surface area contributed by atoms with E-state index in [-0.39, 0.29) is 18.3 Å². The molecule has 0 atom stereocenters. The van der Waals surface area contributed by atoms with Crippen LogP contribution in [0.1, 0.15) is 39.5 Å². The Morgan fingerprint density at radius 3 is 2.50 bits per heavy atom. The van der Waals surface area contributed by atoms with Crippen LogP contribution in [0.4, 0.5) is 5.69 Å². The SMILES string of the molecule is Cc1c(C)n(CCN2CCCC2)c2ccc(N3CCc4nc(-c5ccc(Cl)cc5)sc4C3=O)cc12.Cl. The molecule has 4 heterocycles. The number of anilines is 1. The van der Waals surface area contributed by atoms with Gasteiger partial charge < -0.3 is 14.4 Å². The minimum Gasteiger partial charge on any atom is -0.343 e. The number of hydrogen-bond acceptors (Lipinski definition) is 4. The molecular weight excluding hydrogens is 511 g/mol. The maximum Gasteiger partial charge on any atom is 0.270 e. The van der Waals surface area contributed by atoms with Gasteiger partial charge in [0.15, 0.2) is 0 Å². The van der Waals surface area contributed by atoms with Crippen LogP contribution in [-0.2, 0) is 13.0 Å². The third kappa shape index (κ3) is 4.45. The van der Waals surface area contributed by atoms with Crippen LogP contribution < -0.4 is 4.90 Å². The summed E-state index contributed by atoms with van der Waals surface area (Å²) in [6, 6.07) is 14.2. The summed E-state index contributed by atoms with van der Waals surface area (Å²) < 4.78 is 2.45. The van der Waals surface area contributed by atoms with Crippen LogP contribution in [0.15, 0.2) is 42.5 Å². The average molecular weight is 542 g/mol. The average Bonchev–Trinajstić information content (AvgIpc) is 3.59. The summed E-state index contributed by atoms with van der Waals surface area (Å²) in [5.74, 6) is 0.0474. The Morgan fingerprint density at radius 2 is 1.75 bits per heavy atom. The Labute approximate surface area is 227 Å². The molecule has 0 N–H and O–H groups in total. The van der Waals surface area contributed by atoms with Gasteiger partial charge in [-0.15, -0.1) is 23.7 Å². The van der Waals surface area contributed by atoms with E-state index in [1.807, 2.05) is 29.2 Å². The number of nitrogens with zero attached hydrogens (tertiary/aromatic N) is 4. The predicted octanol–water partition coefficient (Wildman–Crippen LogP) is 6.76. The van der Waals surface area contributed by atoms with E-state index in [0.717, 1.165) is 46.3 Å². The lowest BCUT2D eigenvalue weighted by Crippen LogP contribution is -2.36. The van der Waals surface area contributed by atoms with E-state index >= 15 is 0 Å². The molecule has 2 aliphatic heterocycles. The van der Waals surface area contributed by atoms with E-state index in [1.165, 1.54) is 59.4 Å². The zero-order chi connectivity index (χ0) is 24.1. The van der Waals surface area contributed by atoms with Crippen LogP contribution in [0.25, 0.3) is 21.5 Å². The Morgan fingerprint density at radius 1 is 1.00 bits per heavy atom. The molecule has 0 aliphatic carbocycles. The van der Waals surface area contributed by atoms with Gasteiger partial charge in [-0.2, -0.15) is 0 Å². The van der Waals surface area contributed by atoms with Gasteiger partial charge in [0.1, 0.15) is 9.88 Å². The topological polar surface area (TPSA) is 41.4 Å². The quantitative estimate of drug-likeness (QED) is 0.281. The molecule has 1 saturated heterocycles. The van der Waals surface area contributed by atoms with Crippen molar-refractivity contribution >= 4 is 57.8 Å². The molecule has 36 heavy (non-hydrogen) atoms. The molecule has 0 bridgehead atoms. The predicted molar refractivity (Wildman–Crippen MR) is 152 cm³/mol. The van der Waals surface area contributed by atoms with Crippen molar-refractivity contribution in [1.82, 2.24) is 14.5 Å². The molecule has 0 unspecified atom stereocenters. The number of likely N-dealkylation sites (tertiary alicyclic amines) is 1. The van der Waals surface area contributed by atoms with E-state index in [0.29, 0.717) is 11.6 Å². The summed E-state index contributed by atoms with van der Waals surface area (Å²) in [5, 5.41) is 2.81. The summed E-state index contributed by atoms with van der Waals surface area (Å²) in [6.07, 6.45) is 3.40. The molecule has 4 aromatic rings. The van der Waals surface area contributed by atoms with E-state index < -0.39 is 0 Å². The minimum atomic E-state index is 0. The number of rotatable bonds is 5. The number of amides is 1. The van der Waals surface area contributed by atoms with Crippen LogP contribution >= 0.6 is 35.3 Å². The van der Waals surface area contributed by atoms with Crippen molar-refractivity contribution in [3.05, 3.63) is 69.3 Å². The van der Waals surface area contributed by atoms with Gasteiger partial charge in [-0.3, -0.25) is 4.79 Å². The van der Waals surface area contributed by atoms with Crippen molar-refractivity contribution in [3.63, 3.8) is 0 Å². The van der Waals surface area contributed by atoms with Crippen molar-refractivity contribution in [2.24, 2.45) is 0 Å². The highest BCUT2D eigenvalue weighted by molar-refractivity contribution is 7.17. The molecule has 0 radical (unpaired) electrons. The fourth-order valence-corrected chi connectivity index (χ4v) is 6.63. The molecule has 2 aliphatic rings. The Hall–Kier alpha value is -2.38. The number of aryl methyl sites for hydroxylation is 1. The molecule has 1 fully saturated rings. The highest BCUT2D eigenvalue weighted by Gasteiger charge is 2.30. The molecule has 0 saturated carbocycles. The number of carbonyl (C=O) groups is 1. The fourth-order valence-electron chi connectivity index (χ4n) is 5.43. The largest absolute Gasteiger partial charge is 0.343 e. The lowest BCUT2D eigenvalue weighted by molar-refractivity contribution is 0.0984. The summed E-state index contributed by atoms with van der Waals surface area (Å²) in [6.45, 7) is 9.61. The van der Waals surface area contributed by atoms with Crippen LogP contribution in [-0.4, -0.2) is 46.5 Å². The Kier molecular flexibility index (Phi) is 7.14. The molecular formula is C28H30Cl2N4OS. The second-order valence-corrected chi connectivity index (χ2v) is 11.1. The molecule has 2 aromatic heterocycles. The molecule has 8 heteroatoms.